The maximum atomic E-state index is 12.0. The number of hydrogen-bond donors (Lipinski definition) is 1. The number of amidine groups is 1. The number of hydrogen-bond acceptors (Lipinski definition) is 7. The van der Waals surface area contributed by atoms with E-state index in [1.165, 1.54) is 30.3 Å². The van der Waals surface area contributed by atoms with E-state index in [4.69, 9.17) is 19.7 Å². The van der Waals surface area contributed by atoms with Crippen molar-refractivity contribution in [3.63, 3.8) is 0 Å². The molecule has 0 spiro atoms. The molecule has 2 aromatic carbocycles. The highest BCUT2D eigenvalue weighted by molar-refractivity contribution is 9.10. The van der Waals surface area contributed by atoms with E-state index in [9.17, 15) is 14.9 Å². The monoisotopic (exact) mass is 459 g/mol. The Balaban J connectivity index is 1.57. The van der Waals surface area contributed by atoms with E-state index in [1.807, 2.05) is 12.1 Å². The van der Waals surface area contributed by atoms with E-state index in [2.05, 4.69) is 21.1 Å². The molecular formula is C19H14BrN3O6. The molecule has 0 saturated carbocycles. The van der Waals surface area contributed by atoms with Crippen molar-refractivity contribution < 1.29 is 23.7 Å². The smallest absolute Gasteiger partial charge is 0.400 e. The van der Waals surface area contributed by atoms with Crippen molar-refractivity contribution in [2.24, 2.45) is 10.9 Å². The number of rotatable bonds is 7. The minimum Gasteiger partial charge on any atom is -0.486 e. The SMILES string of the molecule is N/C(=N\OC(=O)c1ccc(COc2ccc(Br)cc2)o1)c1ccc([N+](=O)[O-])cc1. The quantitative estimate of drug-likeness (QED) is 0.185. The Morgan fingerprint density at radius 2 is 1.79 bits per heavy atom. The van der Waals surface area contributed by atoms with Crippen LogP contribution in [-0.4, -0.2) is 16.7 Å². The highest BCUT2D eigenvalue weighted by atomic mass is 79.9. The number of non-ortho nitro benzene ring substituents is 1. The van der Waals surface area contributed by atoms with Crippen molar-refractivity contribution in [3.8, 4) is 5.75 Å². The molecule has 1 heterocycles. The zero-order valence-electron chi connectivity index (χ0n) is 14.8. The molecule has 1 aromatic heterocycles. The van der Waals surface area contributed by atoms with Gasteiger partial charge in [0, 0.05) is 22.2 Å². The number of carbonyl (C=O) groups excluding carboxylic acids is 1. The molecule has 2 N–H and O–H groups in total. The van der Waals surface area contributed by atoms with Crippen molar-refractivity contribution in [3.05, 3.63) is 92.3 Å². The van der Waals surface area contributed by atoms with E-state index in [1.54, 1.807) is 18.2 Å². The number of ether oxygens (including phenoxy) is 1. The second kappa shape index (κ2) is 9.02. The zero-order valence-corrected chi connectivity index (χ0v) is 16.4. The van der Waals surface area contributed by atoms with E-state index in [0.717, 1.165) is 4.47 Å². The van der Waals surface area contributed by atoms with Gasteiger partial charge in [0.05, 0.1) is 4.92 Å². The summed E-state index contributed by atoms with van der Waals surface area (Å²) in [5.74, 6) is 0.0457. The summed E-state index contributed by atoms with van der Waals surface area (Å²) in [5, 5.41) is 14.2. The topological polar surface area (TPSA) is 130 Å². The lowest BCUT2D eigenvalue weighted by molar-refractivity contribution is -0.384. The van der Waals surface area contributed by atoms with Crippen molar-refractivity contribution in [2.45, 2.75) is 6.61 Å². The van der Waals surface area contributed by atoms with Crippen molar-refractivity contribution in [2.75, 3.05) is 0 Å². The van der Waals surface area contributed by atoms with E-state index in [0.29, 0.717) is 17.1 Å². The predicted molar refractivity (Wildman–Crippen MR) is 106 cm³/mol. The molecule has 0 aliphatic heterocycles. The molecule has 0 radical (unpaired) electrons. The number of nitrogens with zero attached hydrogens (tertiary/aromatic N) is 2. The molecule has 0 unspecified atom stereocenters. The minimum absolute atomic E-state index is 0.0698. The van der Waals surface area contributed by atoms with Crippen LogP contribution in [0.25, 0.3) is 0 Å². The summed E-state index contributed by atoms with van der Waals surface area (Å²) >= 11 is 3.34. The van der Waals surface area contributed by atoms with Gasteiger partial charge >= 0.3 is 5.97 Å². The number of nitro groups is 1. The highest BCUT2D eigenvalue weighted by Crippen LogP contribution is 2.18. The van der Waals surface area contributed by atoms with Gasteiger partial charge in [-0.1, -0.05) is 21.1 Å². The molecule has 10 heteroatoms. The zero-order chi connectivity index (χ0) is 20.8. The molecular weight excluding hydrogens is 446 g/mol. The molecule has 0 aliphatic rings. The van der Waals surface area contributed by atoms with Gasteiger partial charge in [0.1, 0.15) is 18.1 Å². The third-order valence-electron chi connectivity index (χ3n) is 3.66. The van der Waals surface area contributed by atoms with Gasteiger partial charge in [0.2, 0.25) is 5.76 Å². The number of nitrogens with two attached hydrogens (primary N) is 1. The van der Waals surface area contributed by atoms with Crippen LogP contribution >= 0.6 is 15.9 Å². The van der Waals surface area contributed by atoms with Crippen LogP contribution in [0.15, 0.2) is 74.7 Å². The number of nitro benzene ring substituents is 1. The molecule has 0 saturated heterocycles. The Hall–Kier alpha value is -3.66. The molecule has 148 valence electrons. The summed E-state index contributed by atoms with van der Waals surface area (Å²) in [7, 11) is 0. The van der Waals surface area contributed by atoms with Crippen LogP contribution in [0.4, 0.5) is 5.69 Å². The average Bonchev–Trinajstić information content (AvgIpc) is 3.20. The lowest BCUT2D eigenvalue weighted by Crippen LogP contribution is -2.15. The van der Waals surface area contributed by atoms with Gasteiger partial charge in [-0.25, -0.2) is 4.79 Å². The summed E-state index contributed by atoms with van der Waals surface area (Å²) in [5.41, 5.74) is 6.00. The average molecular weight is 460 g/mol. The third-order valence-corrected chi connectivity index (χ3v) is 4.19. The number of benzene rings is 2. The van der Waals surface area contributed by atoms with Crippen molar-refractivity contribution >= 4 is 33.4 Å². The first-order valence-electron chi connectivity index (χ1n) is 8.19. The largest absolute Gasteiger partial charge is 0.486 e. The Labute approximate surface area is 173 Å². The molecule has 29 heavy (non-hydrogen) atoms. The normalized spacial score (nSPS) is 11.1. The Kier molecular flexibility index (Phi) is 6.25. The Bertz CT molecular complexity index is 1040. The Morgan fingerprint density at radius 3 is 2.45 bits per heavy atom. The van der Waals surface area contributed by atoms with Crippen molar-refractivity contribution in [1.29, 1.82) is 0 Å². The molecule has 0 atom stereocenters. The van der Waals surface area contributed by atoms with Crippen LogP contribution in [0.1, 0.15) is 21.9 Å². The molecule has 3 rings (SSSR count). The molecule has 0 aliphatic carbocycles. The fourth-order valence-electron chi connectivity index (χ4n) is 2.19. The van der Waals surface area contributed by atoms with Gasteiger partial charge in [-0.2, -0.15) is 0 Å². The van der Waals surface area contributed by atoms with E-state index < -0.39 is 10.9 Å². The highest BCUT2D eigenvalue weighted by Gasteiger charge is 2.14. The fourth-order valence-corrected chi connectivity index (χ4v) is 2.46. The number of carbonyl (C=O) groups is 1. The Morgan fingerprint density at radius 1 is 1.10 bits per heavy atom. The molecule has 0 fully saturated rings. The third kappa shape index (κ3) is 5.42. The van der Waals surface area contributed by atoms with Crippen LogP contribution in [0.5, 0.6) is 5.75 Å². The first-order chi connectivity index (χ1) is 13.9. The first kappa shape index (κ1) is 20.1. The van der Waals surface area contributed by atoms with Crippen LogP contribution in [0, 0.1) is 10.1 Å². The summed E-state index contributed by atoms with van der Waals surface area (Å²) in [6.07, 6.45) is 0. The molecule has 0 bridgehead atoms. The van der Waals surface area contributed by atoms with Gasteiger partial charge in [0.15, 0.2) is 5.84 Å². The summed E-state index contributed by atoms with van der Waals surface area (Å²) in [4.78, 5) is 26.9. The van der Waals surface area contributed by atoms with Gasteiger partial charge in [-0.3, -0.25) is 10.1 Å². The maximum Gasteiger partial charge on any atom is 0.400 e. The van der Waals surface area contributed by atoms with Gasteiger partial charge in [-0.15, -0.1) is 0 Å². The number of oxime groups is 1. The number of halogens is 1. The van der Waals surface area contributed by atoms with Crippen LogP contribution in [0.2, 0.25) is 0 Å². The van der Waals surface area contributed by atoms with E-state index in [-0.39, 0.29) is 23.9 Å². The summed E-state index contributed by atoms with van der Waals surface area (Å²) < 4.78 is 11.9. The summed E-state index contributed by atoms with van der Waals surface area (Å²) in [6, 6.07) is 15.6. The fraction of sp³-hybridized carbons (Fsp3) is 0.0526. The predicted octanol–water partition coefficient (Wildman–Crippen LogP) is 4.01. The number of furan rings is 1. The van der Waals surface area contributed by atoms with Gasteiger partial charge in [0.25, 0.3) is 5.69 Å². The standard InChI is InChI=1S/C19H14BrN3O6/c20-13-3-7-15(8-4-13)27-11-16-9-10-17(28-16)19(24)29-22-18(21)12-1-5-14(6-2-12)23(25)26/h1-10H,11H2,(H2,21,22). The second-order valence-corrected chi connectivity index (χ2v) is 6.58. The van der Waals surface area contributed by atoms with E-state index >= 15 is 0 Å². The summed E-state index contributed by atoms with van der Waals surface area (Å²) in [6.45, 7) is 0.128. The lowest BCUT2D eigenvalue weighted by atomic mass is 10.2. The minimum atomic E-state index is -0.843. The first-order valence-corrected chi connectivity index (χ1v) is 8.98. The second-order valence-electron chi connectivity index (χ2n) is 5.67. The molecule has 3 aromatic rings. The van der Waals surface area contributed by atoms with Gasteiger partial charge in [-0.05, 0) is 48.5 Å². The van der Waals surface area contributed by atoms with Crippen LogP contribution < -0.4 is 10.5 Å². The van der Waals surface area contributed by atoms with Crippen molar-refractivity contribution in [1.82, 2.24) is 0 Å². The van der Waals surface area contributed by atoms with Gasteiger partial charge < -0.3 is 19.7 Å². The maximum absolute atomic E-state index is 12.0. The van der Waals surface area contributed by atoms with Crippen LogP contribution in [0.3, 0.4) is 0 Å². The lowest BCUT2D eigenvalue weighted by Gasteiger charge is -2.03. The molecule has 0 amide bonds. The van der Waals surface area contributed by atoms with Crippen LogP contribution in [-0.2, 0) is 11.4 Å². The molecule has 9 nitrogen and oxygen atoms in total.